The summed E-state index contributed by atoms with van der Waals surface area (Å²) >= 11 is 1.79. The highest BCUT2D eigenvalue weighted by atomic mass is 32.1. The Morgan fingerprint density at radius 1 is 1.32 bits per heavy atom. The van der Waals surface area contributed by atoms with Crippen LogP contribution in [0.2, 0.25) is 0 Å². The van der Waals surface area contributed by atoms with E-state index < -0.39 is 0 Å². The Morgan fingerprint density at radius 2 is 2.16 bits per heavy atom. The van der Waals surface area contributed by atoms with Gasteiger partial charge in [-0.05, 0) is 72.6 Å². The van der Waals surface area contributed by atoms with E-state index in [0.717, 1.165) is 25.6 Å². The second-order valence-electron chi connectivity index (χ2n) is 6.01. The quantitative estimate of drug-likeness (QED) is 0.882. The van der Waals surface area contributed by atoms with Gasteiger partial charge in [-0.25, -0.2) is 0 Å². The molecule has 1 aromatic heterocycles. The van der Waals surface area contributed by atoms with Gasteiger partial charge in [0.15, 0.2) is 0 Å². The smallest absolute Gasteiger partial charge is 0.0474 e. The molecule has 2 aliphatic rings. The molecule has 1 aromatic rings. The van der Waals surface area contributed by atoms with Crippen molar-refractivity contribution in [2.24, 2.45) is 17.8 Å². The topological polar surface area (TPSA) is 35.5 Å². The number of thiophene rings is 1. The first-order chi connectivity index (χ1) is 9.36. The second kappa shape index (κ2) is 6.35. The van der Waals surface area contributed by atoms with Crippen LogP contribution in [-0.2, 0) is 6.54 Å². The Bertz CT molecular complexity index is 374. The number of likely N-dealkylation sites (tertiary alicyclic amines) is 1. The molecule has 3 nitrogen and oxygen atoms in total. The summed E-state index contributed by atoms with van der Waals surface area (Å²) in [5.41, 5.74) is 1.46. The van der Waals surface area contributed by atoms with Crippen LogP contribution in [-0.4, -0.2) is 42.8 Å². The minimum absolute atomic E-state index is 0.354. The molecule has 19 heavy (non-hydrogen) atoms. The molecule has 2 atom stereocenters. The van der Waals surface area contributed by atoms with E-state index in [2.05, 4.69) is 27.0 Å². The second-order valence-corrected chi connectivity index (χ2v) is 6.79. The number of piperidine rings is 1. The van der Waals surface area contributed by atoms with Crippen LogP contribution in [0.1, 0.15) is 18.4 Å². The van der Waals surface area contributed by atoms with Gasteiger partial charge in [0.25, 0.3) is 0 Å². The van der Waals surface area contributed by atoms with Gasteiger partial charge >= 0.3 is 0 Å². The van der Waals surface area contributed by atoms with Gasteiger partial charge in [0.2, 0.25) is 0 Å². The summed E-state index contributed by atoms with van der Waals surface area (Å²) in [5.74, 6) is 2.01. The van der Waals surface area contributed by atoms with Gasteiger partial charge in [-0.1, -0.05) is 0 Å². The predicted molar refractivity (Wildman–Crippen MR) is 79.3 cm³/mol. The fourth-order valence-corrected chi connectivity index (χ4v) is 4.34. The standard InChI is InChI=1S/C15H24N2OS/c18-10-14-7-16-8-15(14)13-1-4-17(5-2-13)9-12-3-6-19-11-12/h3,6,11,13-16,18H,1-2,4-5,7-10H2/t14-,15-/m0/s1. The number of nitrogens with zero attached hydrogens (tertiary/aromatic N) is 1. The van der Waals surface area contributed by atoms with E-state index in [-0.39, 0.29) is 0 Å². The Hall–Kier alpha value is -0.420. The van der Waals surface area contributed by atoms with Crippen LogP contribution in [0.5, 0.6) is 0 Å². The first-order valence-electron chi connectivity index (χ1n) is 7.42. The predicted octanol–water partition coefficient (Wildman–Crippen LogP) is 1.79. The number of aliphatic hydroxyl groups is 1. The lowest BCUT2D eigenvalue weighted by Gasteiger charge is -2.36. The summed E-state index contributed by atoms with van der Waals surface area (Å²) in [6.45, 7) is 6.02. The molecule has 0 unspecified atom stereocenters. The molecule has 2 N–H and O–H groups in total. The third kappa shape index (κ3) is 3.19. The van der Waals surface area contributed by atoms with Crippen LogP contribution in [0.15, 0.2) is 16.8 Å². The maximum atomic E-state index is 9.44. The van der Waals surface area contributed by atoms with Crippen molar-refractivity contribution < 1.29 is 5.11 Å². The lowest BCUT2D eigenvalue weighted by Crippen LogP contribution is -2.37. The number of aliphatic hydroxyl groups excluding tert-OH is 1. The summed E-state index contributed by atoms with van der Waals surface area (Å²) in [7, 11) is 0. The van der Waals surface area contributed by atoms with E-state index in [9.17, 15) is 5.11 Å². The minimum Gasteiger partial charge on any atom is -0.396 e. The van der Waals surface area contributed by atoms with Crippen molar-refractivity contribution in [3.8, 4) is 0 Å². The third-order valence-corrected chi connectivity index (χ3v) is 5.58. The molecular weight excluding hydrogens is 256 g/mol. The number of hydrogen-bond acceptors (Lipinski definition) is 4. The molecule has 0 saturated carbocycles. The molecule has 2 aliphatic heterocycles. The van der Waals surface area contributed by atoms with Crippen molar-refractivity contribution in [3.05, 3.63) is 22.4 Å². The summed E-state index contributed by atoms with van der Waals surface area (Å²) < 4.78 is 0. The van der Waals surface area contributed by atoms with Gasteiger partial charge in [-0.3, -0.25) is 4.90 Å². The van der Waals surface area contributed by atoms with Crippen LogP contribution < -0.4 is 5.32 Å². The van der Waals surface area contributed by atoms with Crippen molar-refractivity contribution >= 4 is 11.3 Å². The summed E-state index contributed by atoms with van der Waals surface area (Å²) in [4.78, 5) is 2.58. The van der Waals surface area contributed by atoms with Crippen LogP contribution in [0.4, 0.5) is 0 Å². The SMILES string of the molecule is OC[C@@H]1CNC[C@H]1C1CCN(Cc2ccsc2)CC1. The molecule has 0 aliphatic carbocycles. The summed E-state index contributed by atoms with van der Waals surface area (Å²) in [6.07, 6.45) is 2.60. The van der Waals surface area contributed by atoms with Crippen LogP contribution in [0.3, 0.4) is 0 Å². The molecule has 0 spiro atoms. The van der Waals surface area contributed by atoms with Crippen molar-refractivity contribution in [2.45, 2.75) is 19.4 Å². The van der Waals surface area contributed by atoms with Gasteiger partial charge in [-0.15, -0.1) is 0 Å². The molecule has 0 amide bonds. The van der Waals surface area contributed by atoms with Gasteiger partial charge in [0.1, 0.15) is 0 Å². The molecule has 3 rings (SSSR count). The maximum Gasteiger partial charge on any atom is 0.0474 e. The van der Waals surface area contributed by atoms with E-state index in [1.165, 1.54) is 31.5 Å². The van der Waals surface area contributed by atoms with E-state index >= 15 is 0 Å². The number of nitrogens with one attached hydrogen (secondary N) is 1. The maximum absolute atomic E-state index is 9.44. The third-order valence-electron chi connectivity index (χ3n) is 4.85. The molecular formula is C15H24N2OS. The summed E-state index contributed by atoms with van der Waals surface area (Å²) in [6, 6.07) is 2.24. The van der Waals surface area contributed by atoms with Gasteiger partial charge in [-0.2, -0.15) is 11.3 Å². The Kier molecular flexibility index (Phi) is 4.53. The Labute approximate surface area is 119 Å². The highest BCUT2D eigenvalue weighted by Gasteiger charge is 2.34. The van der Waals surface area contributed by atoms with E-state index in [0.29, 0.717) is 18.4 Å². The van der Waals surface area contributed by atoms with Gasteiger partial charge in [0.05, 0.1) is 0 Å². The molecule has 0 radical (unpaired) electrons. The highest BCUT2D eigenvalue weighted by molar-refractivity contribution is 7.07. The largest absolute Gasteiger partial charge is 0.396 e. The zero-order valence-corrected chi connectivity index (χ0v) is 12.2. The van der Waals surface area contributed by atoms with Gasteiger partial charge in [0, 0.05) is 19.7 Å². The fourth-order valence-electron chi connectivity index (χ4n) is 3.68. The van der Waals surface area contributed by atoms with Crippen LogP contribution in [0.25, 0.3) is 0 Å². The molecule has 2 fully saturated rings. The van der Waals surface area contributed by atoms with E-state index in [1.54, 1.807) is 11.3 Å². The van der Waals surface area contributed by atoms with Crippen molar-refractivity contribution in [1.82, 2.24) is 10.2 Å². The summed E-state index contributed by atoms with van der Waals surface area (Å²) in [5, 5.41) is 17.3. The first kappa shape index (κ1) is 13.6. The lowest BCUT2D eigenvalue weighted by atomic mass is 9.79. The number of hydrogen-bond donors (Lipinski definition) is 2. The zero-order chi connectivity index (χ0) is 13.1. The fraction of sp³-hybridized carbons (Fsp3) is 0.733. The Balaban J connectivity index is 1.49. The number of rotatable bonds is 4. The molecule has 2 saturated heterocycles. The minimum atomic E-state index is 0.354. The molecule has 106 valence electrons. The van der Waals surface area contributed by atoms with Crippen molar-refractivity contribution in [2.75, 3.05) is 32.8 Å². The van der Waals surface area contributed by atoms with Crippen molar-refractivity contribution in [3.63, 3.8) is 0 Å². The molecule has 0 bridgehead atoms. The first-order valence-corrected chi connectivity index (χ1v) is 8.36. The van der Waals surface area contributed by atoms with Crippen LogP contribution in [0, 0.1) is 17.8 Å². The van der Waals surface area contributed by atoms with Crippen LogP contribution >= 0.6 is 11.3 Å². The zero-order valence-electron chi connectivity index (χ0n) is 11.4. The van der Waals surface area contributed by atoms with Crippen molar-refractivity contribution in [1.29, 1.82) is 0 Å². The van der Waals surface area contributed by atoms with E-state index in [4.69, 9.17) is 0 Å². The average Bonchev–Trinajstić information content (AvgIpc) is 3.10. The lowest BCUT2D eigenvalue weighted by molar-refractivity contribution is 0.108. The monoisotopic (exact) mass is 280 g/mol. The molecule has 3 heterocycles. The normalized spacial score (nSPS) is 29.9. The van der Waals surface area contributed by atoms with Gasteiger partial charge < -0.3 is 10.4 Å². The Morgan fingerprint density at radius 3 is 2.84 bits per heavy atom. The van der Waals surface area contributed by atoms with E-state index in [1.807, 2.05) is 0 Å². The molecule has 0 aromatic carbocycles. The molecule has 4 heteroatoms. The highest BCUT2D eigenvalue weighted by Crippen LogP contribution is 2.32. The average molecular weight is 280 g/mol.